The summed E-state index contributed by atoms with van der Waals surface area (Å²) in [7, 11) is 0. The molecule has 0 bridgehead atoms. The summed E-state index contributed by atoms with van der Waals surface area (Å²) < 4.78 is 1.77. The third kappa shape index (κ3) is 2.22. The monoisotopic (exact) mass is 287 g/mol. The van der Waals surface area contributed by atoms with Crippen LogP contribution in [-0.2, 0) is 0 Å². The molecule has 22 heavy (non-hydrogen) atoms. The van der Waals surface area contributed by atoms with E-state index in [4.69, 9.17) is 0 Å². The SMILES string of the molecule is Cc1cccc(-n2cc(-c3cnc4cccnc4c3)cn2)n1. The average Bonchev–Trinajstić information content (AvgIpc) is 3.04. The summed E-state index contributed by atoms with van der Waals surface area (Å²) in [6.07, 6.45) is 7.38. The molecule has 0 aliphatic carbocycles. The van der Waals surface area contributed by atoms with Crippen LogP contribution in [0.3, 0.4) is 0 Å². The molecule has 0 amide bonds. The summed E-state index contributed by atoms with van der Waals surface area (Å²) in [5, 5.41) is 4.39. The molecule has 0 aromatic carbocycles. The topological polar surface area (TPSA) is 56.5 Å². The summed E-state index contributed by atoms with van der Waals surface area (Å²) in [4.78, 5) is 13.3. The van der Waals surface area contributed by atoms with E-state index in [0.29, 0.717) is 0 Å². The zero-order valence-corrected chi connectivity index (χ0v) is 12.0. The standard InChI is InChI=1S/C17H13N5/c1-12-4-2-6-17(21-12)22-11-14(10-20-22)13-8-16-15(19-9-13)5-3-7-18-16/h2-11H,1H3. The van der Waals surface area contributed by atoms with Crippen LogP contribution in [0.2, 0.25) is 0 Å². The van der Waals surface area contributed by atoms with Crippen molar-refractivity contribution in [3.63, 3.8) is 0 Å². The highest BCUT2D eigenvalue weighted by Crippen LogP contribution is 2.21. The number of fused-ring (bicyclic) bond motifs is 1. The Morgan fingerprint density at radius 2 is 1.86 bits per heavy atom. The smallest absolute Gasteiger partial charge is 0.153 e. The van der Waals surface area contributed by atoms with Crippen LogP contribution in [0, 0.1) is 6.92 Å². The maximum Gasteiger partial charge on any atom is 0.153 e. The molecule has 0 aliphatic heterocycles. The molecule has 0 spiro atoms. The van der Waals surface area contributed by atoms with Gasteiger partial charge in [0.2, 0.25) is 0 Å². The van der Waals surface area contributed by atoms with Crippen LogP contribution in [0.1, 0.15) is 5.69 Å². The molecule has 0 N–H and O–H groups in total. The van der Waals surface area contributed by atoms with Gasteiger partial charge in [0.25, 0.3) is 0 Å². The second-order valence-electron chi connectivity index (χ2n) is 5.08. The molecular weight excluding hydrogens is 274 g/mol. The van der Waals surface area contributed by atoms with E-state index in [2.05, 4.69) is 20.1 Å². The first-order valence-corrected chi connectivity index (χ1v) is 6.99. The van der Waals surface area contributed by atoms with Crippen molar-refractivity contribution in [2.24, 2.45) is 0 Å². The van der Waals surface area contributed by atoms with E-state index in [9.17, 15) is 0 Å². The number of nitrogens with zero attached hydrogens (tertiary/aromatic N) is 5. The third-order valence-electron chi connectivity index (χ3n) is 3.48. The Hall–Kier alpha value is -3.08. The van der Waals surface area contributed by atoms with E-state index in [1.54, 1.807) is 10.9 Å². The Morgan fingerprint density at radius 1 is 0.909 bits per heavy atom. The molecule has 0 aliphatic rings. The lowest BCUT2D eigenvalue weighted by Gasteiger charge is -2.01. The molecule has 4 heterocycles. The number of hydrogen-bond acceptors (Lipinski definition) is 4. The second-order valence-corrected chi connectivity index (χ2v) is 5.08. The molecular formula is C17H13N5. The molecule has 0 unspecified atom stereocenters. The fourth-order valence-corrected chi connectivity index (χ4v) is 2.36. The molecule has 5 nitrogen and oxygen atoms in total. The Morgan fingerprint density at radius 3 is 2.77 bits per heavy atom. The average molecular weight is 287 g/mol. The summed E-state index contributed by atoms with van der Waals surface area (Å²) >= 11 is 0. The molecule has 5 heteroatoms. The molecule has 4 aromatic heterocycles. The van der Waals surface area contributed by atoms with E-state index in [1.165, 1.54) is 0 Å². The molecule has 0 saturated carbocycles. The highest BCUT2D eigenvalue weighted by molar-refractivity contribution is 5.79. The normalized spacial score (nSPS) is 11.0. The molecule has 0 saturated heterocycles. The van der Waals surface area contributed by atoms with Crippen LogP contribution < -0.4 is 0 Å². The van der Waals surface area contributed by atoms with Crippen LogP contribution >= 0.6 is 0 Å². The predicted molar refractivity (Wildman–Crippen MR) is 84.6 cm³/mol. The van der Waals surface area contributed by atoms with Gasteiger partial charge in [-0.2, -0.15) is 5.10 Å². The van der Waals surface area contributed by atoms with Gasteiger partial charge in [0.15, 0.2) is 5.82 Å². The molecule has 0 radical (unpaired) electrons. The Bertz CT molecular complexity index is 958. The quantitative estimate of drug-likeness (QED) is 0.568. The van der Waals surface area contributed by atoms with E-state index >= 15 is 0 Å². The fourth-order valence-electron chi connectivity index (χ4n) is 2.36. The first kappa shape index (κ1) is 12.6. The summed E-state index contributed by atoms with van der Waals surface area (Å²) in [6.45, 7) is 1.97. The van der Waals surface area contributed by atoms with Crippen LogP contribution in [0.25, 0.3) is 28.0 Å². The molecule has 106 valence electrons. The van der Waals surface area contributed by atoms with Crippen molar-refractivity contribution in [1.29, 1.82) is 0 Å². The highest BCUT2D eigenvalue weighted by atomic mass is 15.3. The van der Waals surface area contributed by atoms with Crippen LogP contribution in [-0.4, -0.2) is 24.7 Å². The van der Waals surface area contributed by atoms with E-state index in [1.807, 2.05) is 61.9 Å². The van der Waals surface area contributed by atoms with Gasteiger partial charge in [-0.15, -0.1) is 0 Å². The minimum atomic E-state index is 0.804. The number of aryl methyl sites for hydroxylation is 1. The van der Waals surface area contributed by atoms with Crippen molar-refractivity contribution in [2.45, 2.75) is 6.92 Å². The Labute approximate surface area is 127 Å². The highest BCUT2D eigenvalue weighted by Gasteiger charge is 2.06. The zero-order valence-electron chi connectivity index (χ0n) is 12.0. The molecule has 4 rings (SSSR count). The maximum atomic E-state index is 4.47. The van der Waals surface area contributed by atoms with Crippen LogP contribution in [0.4, 0.5) is 0 Å². The van der Waals surface area contributed by atoms with Crippen molar-refractivity contribution in [3.8, 4) is 16.9 Å². The summed E-state index contributed by atoms with van der Waals surface area (Å²) in [6, 6.07) is 11.7. The largest absolute Gasteiger partial charge is 0.255 e. The Kier molecular flexibility index (Phi) is 2.89. The number of rotatable bonds is 2. The first-order chi connectivity index (χ1) is 10.8. The van der Waals surface area contributed by atoms with Crippen molar-refractivity contribution in [1.82, 2.24) is 24.7 Å². The lowest BCUT2D eigenvalue weighted by Crippen LogP contribution is -1.98. The van der Waals surface area contributed by atoms with E-state index in [0.717, 1.165) is 33.7 Å². The van der Waals surface area contributed by atoms with Crippen LogP contribution in [0.5, 0.6) is 0 Å². The maximum absolute atomic E-state index is 4.47. The summed E-state index contributed by atoms with van der Waals surface area (Å²) in [5.74, 6) is 0.804. The summed E-state index contributed by atoms with van der Waals surface area (Å²) in [5.41, 5.74) is 4.71. The Balaban J connectivity index is 1.76. The zero-order chi connectivity index (χ0) is 14.9. The number of pyridine rings is 3. The van der Waals surface area contributed by atoms with Gasteiger partial charge in [-0.25, -0.2) is 9.67 Å². The number of hydrogen-bond donors (Lipinski definition) is 0. The first-order valence-electron chi connectivity index (χ1n) is 6.99. The second kappa shape index (κ2) is 5.04. The molecule has 0 atom stereocenters. The molecule has 4 aromatic rings. The van der Waals surface area contributed by atoms with Gasteiger partial charge in [-0.1, -0.05) is 6.07 Å². The lowest BCUT2D eigenvalue weighted by molar-refractivity contribution is 0.841. The minimum Gasteiger partial charge on any atom is -0.255 e. The minimum absolute atomic E-state index is 0.804. The van der Waals surface area contributed by atoms with E-state index < -0.39 is 0 Å². The van der Waals surface area contributed by atoms with E-state index in [-0.39, 0.29) is 0 Å². The van der Waals surface area contributed by atoms with Gasteiger partial charge < -0.3 is 0 Å². The lowest BCUT2D eigenvalue weighted by atomic mass is 10.1. The predicted octanol–water partition coefficient (Wildman–Crippen LogP) is 3.19. The third-order valence-corrected chi connectivity index (χ3v) is 3.48. The van der Waals surface area contributed by atoms with Crippen molar-refractivity contribution in [2.75, 3.05) is 0 Å². The van der Waals surface area contributed by atoms with Gasteiger partial charge in [-0.3, -0.25) is 9.97 Å². The van der Waals surface area contributed by atoms with Gasteiger partial charge in [-0.05, 0) is 37.3 Å². The molecule has 0 fully saturated rings. The van der Waals surface area contributed by atoms with Gasteiger partial charge >= 0.3 is 0 Å². The van der Waals surface area contributed by atoms with Crippen molar-refractivity contribution < 1.29 is 0 Å². The number of aromatic nitrogens is 5. The fraction of sp³-hybridized carbons (Fsp3) is 0.0588. The van der Waals surface area contributed by atoms with Crippen molar-refractivity contribution >= 4 is 11.0 Å². The van der Waals surface area contributed by atoms with Crippen LogP contribution in [0.15, 0.2) is 61.2 Å². The van der Waals surface area contributed by atoms with Crippen molar-refractivity contribution in [3.05, 3.63) is 66.9 Å². The van der Waals surface area contributed by atoms with Gasteiger partial charge in [0, 0.05) is 35.4 Å². The van der Waals surface area contributed by atoms with Gasteiger partial charge in [0.05, 0.1) is 17.2 Å². The van der Waals surface area contributed by atoms with Gasteiger partial charge in [0.1, 0.15) is 0 Å².